The minimum Gasteiger partial charge on any atom is -0.466 e. The van der Waals surface area contributed by atoms with Crippen molar-refractivity contribution in [2.45, 2.75) is 12.9 Å². The van der Waals surface area contributed by atoms with E-state index in [1.165, 1.54) is 0 Å². The van der Waals surface area contributed by atoms with Gasteiger partial charge in [-0.2, -0.15) is 0 Å². The number of hydrogen-bond donors (Lipinski definition) is 3. The van der Waals surface area contributed by atoms with E-state index in [1.54, 1.807) is 0 Å². The molecule has 0 bridgehead atoms. The molecule has 0 radical (unpaired) electrons. The minimum absolute atomic E-state index is 0.0358. The monoisotopic (exact) mass is 329 g/mol. The van der Waals surface area contributed by atoms with Gasteiger partial charge in [0, 0.05) is 6.54 Å². The summed E-state index contributed by atoms with van der Waals surface area (Å²) in [5.74, 6) is 0. The van der Waals surface area contributed by atoms with E-state index in [0.717, 1.165) is 12.1 Å². The van der Waals surface area contributed by atoms with Crippen LogP contribution in [-0.2, 0) is 20.8 Å². The van der Waals surface area contributed by atoms with Crippen LogP contribution in [0.1, 0.15) is 5.56 Å². The first-order chi connectivity index (χ1) is 10.1. The van der Waals surface area contributed by atoms with E-state index in [9.17, 15) is 0 Å². The van der Waals surface area contributed by atoms with Crippen LogP contribution >= 0.6 is 24.4 Å². The lowest BCUT2D eigenvalue weighted by atomic mass is 10.2. The Kier molecular flexibility index (Phi) is 8.60. The van der Waals surface area contributed by atoms with Gasteiger partial charge in [-0.05, 0) is 30.0 Å². The molecule has 0 amide bonds. The molecule has 1 atom stereocenters. The zero-order valence-corrected chi connectivity index (χ0v) is 13.1. The van der Waals surface area contributed by atoms with Gasteiger partial charge in [0.1, 0.15) is 6.61 Å². The largest absolute Gasteiger partial charge is 0.466 e. The number of rotatable bonds is 3. The van der Waals surface area contributed by atoms with Crippen LogP contribution < -0.4 is 16.8 Å². The molecule has 0 aliphatic carbocycles. The number of ether oxygens (including phenoxy) is 3. The molecule has 6 nitrogen and oxygen atoms in total. The summed E-state index contributed by atoms with van der Waals surface area (Å²) < 4.78 is 15.0. The van der Waals surface area contributed by atoms with Crippen molar-refractivity contribution in [2.75, 3.05) is 19.7 Å². The Morgan fingerprint density at radius 2 is 1.95 bits per heavy atom. The fourth-order valence-corrected chi connectivity index (χ4v) is 1.64. The van der Waals surface area contributed by atoms with E-state index in [4.69, 9.17) is 25.7 Å². The normalized spacial score (nSPS) is 17.0. The number of nitrogens with two attached hydrogens (primary N) is 2. The summed E-state index contributed by atoms with van der Waals surface area (Å²) in [7, 11) is 0. The van der Waals surface area contributed by atoms with Crippen molar-refractivity contribution in [3.63, 3.8) is 0 Å². The highest BCUT2D eigenvalue weighted by Crippen LogP contribution is 1.99. The van der Waals surface area contributed by atoms with Gasteiger partial charge in [-0.25, -0.2) is 0 Å². The molecular weight excluding hydrogens is 310 g/mol. The third kappa shape index (κ3) is 9.14. The van der Waals surface area contributed by atoms with Gasteiger partial charge in [-0.1, -0.05) is 30.3 Å². The van der Waals surface area contributed by atoms with Crippen molar-refractivity contribution >= 4 is 34.8 Å². The Balaban J connectivity index is 0.000000211. The van der Waals surface area contributed by atoms with Gasteiger partial charge in [-0.3, -0.25) is 0 Å². The molecule has 0 aromatic heterocycles. The average molecular weight is 329 g/mol. The predicted molar refractivity (Wildman–Crippen MR) is 88.5 cm³/mol. The summed E-state index contributed by atoms with van der Waals surface area (Å²) in [5, 5.41) is 3.20. The summed E-state index contributed by atoms with van der Waals surface area (Å²) >= 11 is 9.07. The standard InChI is InChI=1S/C8H9NOS.C5H10N2O2S/c9-8(11)10-6-7-4-2-1-3-5-7;6-5(10)9-4-3-7-1-2-8-4/h1-5H,6H2,(H2,9,11);4,7H,1-3H2,(H2,6,10). The number of benzene rings is 1. The lowest BCUT2D eigenvalue weighted by Gasteiger charge is -2.23. The molecule has 1 aromatic carbocycles. The first kappa shape index (κ1) is 17.6. The third-order valence-corrected chi connectivity index (χ3v) is 2.58. The molecule has 0 saturated carbocycles. The molecule has 2 rings (SSSR count). The lowest BCUT2D eigenvalue weighted by molar-refractivity contribution is -0.101. The Labute approximate surface area is 134 Å². The molecule has 0 spiro atoms. The quantitative estimate of drug-likeness (QED) is 0.696. The number of morpholine rings is 1. The second kappa shape index (κ2) is 10.3. The summed E-state index contributed by atoms with van der Waals surface area (Å²) in [6.45, 7) is 2.61. The van der Waals surface area contributed by atoms with Gasteiger partial charge >= 0.3 is 0 Å². The average Bonchev–Trinajstić information content (AvgIpc) is 2.47. The highest BCUT2D eigenvalue weighted by molar-refractivity contribution is 7.80. The summed E-state index contributed by atoms with van der Waals surface area (Å²) in [4.78, 5) is 0. The number of nitrogens with one attached hydrogen (secondary N) is 1. The molecule has 116 valence electrons. The molecule has 1 saturated heterocycles. The van der Waals surface area contributed by atoms with Crippen LogP contribution in [0.3, 0.4) is 0 Å². The lowest BCUT2D eigenvalue weighted by Crippen LogP contribution is -2.41. The van der Waals surface area contributed by atoms with Gasteiger partial charge in [0.25, 0.3) is 10.3 Å². The van der Waals surface area contributed by atoms with Gasteiger partial charge in [0.15, 0.2) is 0 Å². The van der Waals surface area contributed by atoms with Crippen molar-refractivity contribution in [1.29, 1.82) is 0 Å². The SMILES string of the molecule is NC(=S)OC1CNCCO1.NC(=S)OCc1ccccc1. The van der Waals surface area contributed by atoms with Crippen LogP contribution in [0.5, 0.6) is 0 Å². The van der Waals surface area contributed by atoms with E-state index in [1.807, 2.05) is 30.3 Å². The van der Waals surface area contributed by atoms with E-state index in [2.05, 4.69) is 29.8 Å². The topological polar surface area (TPSA) is 91.8 Å². The van der Waals surface area contributed by atoms with Crippen molar-refractivity contribution < 1.29 is 14.2 Å². The maximum absolute atomic E-state index is 5.15. The third-order valence-electron chi connectivity index (χ3n) is 2.37. The van der Waals surface area contributed by atoms with Gasteiger partial charge < -0.3 is 31.0 Å². The molecule has 1 aliphatic rings. The highest BCUT2D eigenvalue weighted by Gasteiger charge is 2.13. The Bertz CT molecular complexity index is 440. The van der Waals surface area contributed by atoms with Gasteiger partial charge in [0.05, 0.1) is 13.2 Å². The molecule has 1 unspecified atom stereocenters. The second-order valence-corrected chi connectivity index (χ2v) is 4.84. The fraction of sp³-hybridized carbons (Fsp3) is 0.385. The molecule has 1 heterocycles. The van der Waals surface area contributed by atoms with Crippen LogP contribution in [0.2, 0.25) is 0 Å². The van der Waals surface area contributed by atoms with Gasteiger partial charge in [-0.15, -0.1) is 0 Å². The van der Waals surface area contributed by atoms with Crippen LogP contribution in [-0.4, -0.2) is 36.3 Å². The Morgan fingerprint density at radius 1 is 1.24 bits per heavy atom. The van der Waals surface area contributed by atoms with E-state index in [0.29, 0.717) is 19.8 Å². The molecule has 1 fully saturated rings. The molecule has 5 N–H and O–H groups in total. The highest BCUT2D eigenvalue weighted by atomic mass is 32.1. The van der Waals surface area contributed by atoms with Crippen molar-refractivity contribution in [3.8, 4) is 0 Å². The summed E-state index contributed by atoms with van der Waals surface area (Å²) in [6.07, 6.45) is -0.300. The summed E-state index contributed by atoms with van der Waals surface area (Å²) in [6, 6.07) is 9.75. The van der Waals surface area contributed by atoms with E-state index < -0.39 is 0 Å². The minimum atomic E-state index is -0.300. The number of thiocarbonyl (C=S) groups is 2. The molecule has 21 heavy (non-hydrogen) atoms. The molecule has 1 aliphatic heterocycles. The van der Waals surface area contributed by atoms with E-state index in [-0.39, 0.29) is 16.6 Å². The molecule has 1 aromatic rings. The first-order valence-electron chi connectivity index (χ1n) is 6.32. The Hall–Kier alpha value is -1.48. The maximum atomic E-state index is 5.15. The zero-order chi connectivity index (χ0) is 15.5. The van der Waals surface area contributed by atoms with Crippen molar-refractivity contribution in [3.05, 3.63) is 35.9 Å². The predicted octanol–water partition coefficient (Wildman–Crippen LogP) is 0.639. The number of hydrogen-bond acceptors (Lipinski definition) is 6. The van der Waals surface area contributed by atoms with Crippen LogP contribution in [0.4, 0.5) is 0 Å². The summed E-state index contributed by atoms with van der Waals surface area (Å²) in [5.41, 5.74) is 11.3. The van der Waals surface area contributed by atoms with Crippen molar-refractivity contribution in [2.24, 2.45) is 11.5 Å². The maximum Gasteiger partial charge on any atom is 0.256 e. The zero-order valence-electron chi connectivity index (χ0n) is 11.5. The first-order valence-corrected chi connectivity index (χ1v) is 7.14. The van der Waals surface area contributed by atoms with Crippen LogP contribution in [0.15, 0.2) is 30.3 Å². The fourth-order valence-electron chi connectivity index (χ4n) is 1.48. The van der Waals surface area contributed by atoms with Crippen LogP contribution in [0, 0.1) is 0 Å². The second-order valence-electron chi connectivity index (χ2n) is 4.03. The van der Waals surface area contributed by atoms with Crippen molar-refractivity contribution in [1.82, 2.24) is 5.32 Å². The van der Waals surface area contributed by atoms with E-state index >= 15 is 0 Å². The molecular formula is C13H19N3O3S2. The molecule has 8 heteroatoms. The Morgan fingerprint density at radius 3 is 2.48 bits per heavy atom. The van der Waals surface area contributed by atoms with Crippen LogP contribution in [0.25, 0.3) is 0 Å². The smallest absolute Gasteiger partial charge is 0.256 e. The van der Waals surface area contributed by atoms with Gasteiger partial charge in [0.2, 0.25) is 6.29 Å².